The van der Waals surface area contributed by atoms with Gasteiger partial charge in [0.15, 0.2) is 17.3 Å². The average Bonchev–Trinajstić information content (AvgIpc) is 3.36. The van der Waals surface area contributed by atoms with E-state index >= 15 is 4.39 Å². The third kappa shape index (κ3) is 4.05. The quantitative estimate of drug-likeness (QED) is 0.372. The van der Waals surface area contributed by atoms with Gasteiger partial charge < -0.3 is 15.0 Å². The maximum absolute atomic E-state index is 15.1. The summed E-state index contributed by atoms with van der Waals surface area (Å²) in [4.78, 5) is 20.8. The van der Waals surface area contributed by atoms with E-state index in [4.69, 9.17) is 11.6 Å². The molecule has 3 heterocycles. The van der Waals surface area contributed by atoms with Crippen LogP contribution in [0.25, 0.3) is 27.8 Å². The molecule has 1 aromatic carbocycles. The van der Waals surface area contributed by atoms with Crippen molar-refractivity contribution in [3.8, 4) is 11.3 Å². The molecular formula is C21H23ClFN7O. The molecule has 10 heteroatoms. The van der Waals surface area contributed by atoms with Crippen molar-refractivity contribution < 1.29 is 9.18 Å². The number of anilines is 2. The summed E-state index contributed by atoms with van der Waals surface area (Å²) < 4.78 is 16.9. The number of carbonyl (C=O) groups is 1. The van der Waals surface area contributed by atoms with Gasteiger partial charge in [-0.2, -0.15) is 5.10 Å². The number of carbonyl (C=O) groups excluding carboxylic acids is 1. The highest BCUT2D eigenvalue weighted by molar-refractivity contribution is 6.35. The standard InChI is InChI=1S/C21H23ClFN7O/c1-4-5-6-16(31)28-14-10-30-9-13(24-8-15(30)27-14)17-12-7-25-29-20(12)21(26-11(2)3)19(23)18(17)22/h7-11,26H,4-6H2,1-3H3,(H,25,29)(H,28,31). The Labute approximate surface area is 183 Å². The average molecular weight is 444 g/mol. The lowest BCUT2D eigenvalue weighted by atomic mass is 10.1. The van der Waals surface area contributed by atoms with Gasteiger partial charge in [0.25, 0.3) is 0 Å². The molecule has 0 unspecified atom stereocenters. The lowest BCUT2D eigenvalue weighted by Crippen LogP contribution is -2.12. The second kappa shape index (κ2) is 8.50. The number of hydrogen-bond donors (Lipinski definition) is 3. The Morgan fingerprint density at radius 2 is 2.13 bits per heavy atom. The molecule has 0 aliphatic heterocycles. The van der Waals surface area contributed by atoms with Crippen molar-refractivity contribution in [3.05, 3.63) is 35.6 Å². The van der Waals surface area contributed by atoms with Crippen LogP contribution in [-0.4, -0.2) is 36.5 Å². The smallest absolute Gasteiger partial charge is 0.225 e. The summed E-state index contributed by atoms with van der Waals surface area (Å²) in [6.45, 7) is 5.86. The van der Waals surface area contributed by atoms with E-state index in [1.165, 1.54) is 0 Å². The van der Waals surface area contributed by atoms with Crippen LogP contribution in [0.2, 0.25) is 5.02 Å². The number of fused-ring (bicyclic) bond motifs is 2. The van der Waals surface area contributed by atoms with Crippen LogP contribution in [0.3, 0.4) is 0 Å². The summed E-state index contributed by atoms with van der Waals surface area (Å²) in [5.74, 6) is -0.224. The summed E-state index contributed by atoms with van der Waals surface area (Å²) in [6, 6.07) is 0.00861. The molecule has 4 rings (SSSR count). The van der Waals surface area contributed by atoms with E-state index in [-0.39, 0.29) is 22.7 Å². The first-order valence-electron chi connectivity index (χ1n) is 10.1. The van der Waals surface area contributed by atoms with Gasteiger partial charge in [-0.15, -0.1) is 0 Å². The number of aromatic amines is 1. The van der Waals surface area contributed by atoms with Crippen molar-refractivity contribution in [1.82, 2.24) is 24.6 Å². The first-order chi connectivity index (χ1) is 14.9. The maximum atomic E-state index is 15.1. The van der Waals surface area contributed by atoms with E-state index in [9.17, 15) is 4.79 Å². The molecule has 8 nitrogen and oxygen atoms in total. The van der Waals surface area contributed by atoms with Gasteiger partial charge in [-0.1, -0.05) is 24.9 Å². The number of aromatic nitrogens is 5. The van der Waals surface area contributed by atoms with Crippen molar-refractivity contribution in [2.75, 3.05) is 10.6 Å². The van der Waals surface area contributed by atoms with Crippen LogP contribution in [0.5, 0.6) is 0 Å². The molecule has 31 heavy (non-hydrogen) atoms. The minimum absolute atomic E-state index is 0.00861. The molecule has 1 amide bonds. The van der Waals surface area contributed by atoms with Gasteiger partial charge in [-0.25, -0.2) is 9.37 Å². The zero-order valence-corrected chi connectivity index (χ0v) is 18.2. The second-order valence-electron chi connectivity index (χ2n) is 7.65. The van der Waals surface area contributed by atoms with E-state index < -0.39 is 5.82 Å². The van der Waals surface area contributed by atoms with Crippen LogP contribution in [0.4, 0.5) is 15.9 Å². The lowest BCUT2D eigenvalue weighted by Gasteiger charge is -2.15. The second-order valence-corrected chi connectivity index (χ2v) is 8.03. The predicted molar refractivity (Wildman–Crippen MR) is 120 cm³/mol. The SMILES string of the molecule is CCCCC(=O)Nc1cn2cc(-c3c(Cl)c(F)c(NC(C)C)c4[nH]ncc34)ncc2n1. The summed E-state index contributed by atoms with van der Waals surface area (Å²) in [6.07, 6.45) is 8.74. The number of benzene rings is 1. The maximum Gasteiger partial charge on any atom is 0.225 e. The fraction of sp³-hybridized carbons (Fsp3) is 0.333. The molecule has 0 saturated carbocycles. The van der Waals surface area contributed by atoms with Crippen molar-refractivity contribution in [2.45, 2.75) is 46.1 Å². The highest BCUT2D eigenvalue weighted by Gasteiger charge is 2.22. The molecule has 0 atom stereocenters. The normalized spacial score (nSPS) is 11.5. The molecule has 3 aromatic heterocycles. The Morgan fingerprint density at radius 3 is 2.87 bits per heavy atom. The molecule has 0 aliphatic carbocycles. The van der Waals surface area contributed by atoms with Crippen molar-refractivity contribution in [1.29, 1.82) is 0 Å². The van der Waals surface area contributed by atoms with Crippen LogP contribution in [0.15, 0.2) is 24.8 Å². The Morgan fingerprint density at radius 1 is 1.32 bits per heavy atom. The van der Waals surface area contributed by atoms with Crippen LogP contribution in [0.1, 0.15) is 40.0 Å². The highest BCUT2D eigenvalue weighted by atomic mass is 35.5. The molecule has 4 aromatic rings. The number of nitrogens with one attached hydrogen (secondary N) is 3. The van der Waals surface area contributed by atoms with Crippen molar-refractivity contribution in [2.24, 2.45) is 0 Å². The Balaban J connectivity index is 1.76. The van der Waals surface area contributed by atoms with Crippen molar-refractivity contribution >= 4 is 45.6 Å². The van der Waals surface area contributed by atoms with Gasteiger partial charge in [0.05, 0.1) is 40.5 Å². The van der Waals surface area contributed by atoms with Gasteiger partial charge in [0.1, 0.15) is 0 Å². The minimum atomic E-state index is -0.571. The zero-order chi connectivity index (χ0) is 22.1. The summed E-state index contributed by atoms with van der Waals surface area (Å²) in [7, 11) is 0. The van der Waals surface area contributed by atoms with Gasteiger partial charge >= 0.3 is 0 Å². The van der Waals surface area contributed by atoms with E-state index in [0.717, 1.165) is 12.8 Å². The monoisotopic (exact) mass is 443 g/mol. The Kier molecular flexibility index (Phi) is 5.77. The summed E-state index contributed by atoms with van der Waals surface area (Å²) in [5, 5.41) is 13.4. The third-order valence-electron chi connectivity index (χ3n) is 4.85. The van der Waals surface area contributed by atoms with Gasteiger partial charge in [0.2, 0.25) is 5.91 Å². The summed E-state index contributed by atoms with van der Waals surface area (Å²) in [5.41, 5.74) is 2.23. The predicted octanol–water partition coefficient (Wildman–Crippen LogP) is 5.01. The van der Waals surface area contributed by atoms with Gasteiger partial charge in [-0.05, 0) is 20.3 Å². The molecule has 0 saturated heterocycles. The highest BCUT2D eigenvalue weighted by Crippen LogP contribution is 2.40. The fourth-order valence-corrected chi connectivity index (χ4v) is 3.71. The van der Waals surface area contributed by atoms with Gasteiger partial charge in [-0.3, -0.25) is 14.9 Å². The minimum Gasteiger partial charge on any atom is -0.379 e. The van der Waals surface area contributed by atoms with E-state index in [1.807, 2.05) is 20.8 Å². The molecule has 162 valence electrons. The third-order valence-corrected chi connectivity index (χ3v) is 5.20. The number of rotatable bonds is 7. The lowest BCUT2D eigenvalue weighted by molar-refractivity contribution is -0.116. The zero-order valence-electron chi connectivity index (χ0n) is 17.5. The van der Waals surface area contributed by atoms with Gasteiger partial charge in [0, 0.05) is 29.6 Å². The van der Waals surface area contributed by atoms with E-state index in [0.29, 0.717) is 40.0 Å². The number of unbranched alkanes of at least 4 members (excludes halogenated alkanes) is 1. The number of halogens is 2. The molecule has 0 fully saturated rings. The topological polar surface area (TPSA) is 100 Å². The molecule has 0 radical (unpaired) electrons. The van der Waals surface area contributed by atoms with Crippen LogP contribution in [-0.2, 0) is 4.79 Å². The van der Waals surface area contributed by atoms with E-state index in [2.05, 4.69) is 30.8 Å². The van der Waals surface area contributed by atoms with E-state index in [1.54, 1.807) is 29.2 Å². The Bertz CT molecular complexity index is 1260. The molecular weight excluding hydrogens is 421 g/mol. The molecule has 0 bridgehead atoms. The first kappa shape index (κ1) is 21.0. The molecule has 0 aliphatic rings. The Hall–Kier alpha value is -3.20. The number of imidazole rings is 1. The fourth-order valence-electron chi connectivity index (χ4n) is 3.42. The molecule has 0 spiro atoms. The number of nitrogens with zero attached hydrogens (tertiary/aromatic N) is 4. The number of H-pyrrole nitrogens is 1. The van der Waals surface area contributed by atoms with Crippen LogP contribution in [0, 0.1) is 5.82 Å². The van der Waals surface area contributed by atoms with Crippen LogP contribution < -0.4 is 10.6 Å². The number of amides is 1. The largest absolute Gasteiger partial charge is 0.379 e. The van der Waals surface area contributed by atoms with Crippen LogP contribution >= 0.6 is 11.6 Å². The summed E-state index contributed by atoms with van der Waals surface area (Å²) >= 11 is 6.45. The first-order valence-corrected chi connectivity index (χ1v) is 10.5. The molecule has 3 N–H and O–H groups in total. The number of hydrogen-bond acceptors (Lipinski definition) is 5. The van der Waals surface area contributed by atoms with Crippen molar-refractivity contribution in [3.63, 3.8) is 0 Å².